The zero-order valence-electron chi connectivity index (χ0n) is 17.6. The van der Waals surface area contributed by atoms with E-state index in [4.69, 9.17) is 14.2 Å². The Morgan fingerprint density at radius 1 is 0.867 bits per heavy atom. The number of likely N-dealkylation sites (N-methyl/N-ethyl adjacent to an activating group) is 1. The van der Waals surface area contributed by atoms with Gasteiger partial charge in [-0.1, -0.05) is 31.2 Å². The molecule has 0 bridgehead atoms. The van der Waals surface area contributed by atoms with Gasteiger partial charge in [-0.15, -0.1) is 24.8 Å². The molecule has 1 fully saturated rings. The second-order valence-electron chi connectivity index (χ2n) is 6.76. The molecular weight excluding hydrogens is 427 g/mol. The maximum Gasteiger partial charge on any atom is 0.343 e. The molecule has 1 saturated heterocycles. The second-order valence-corrected chi connectivity index (χ2v) is 6.76. The first-order chi connectivity index (χ1) is 13.7. The normalized spacial score (nSPS) is 14.2. The van der Waals surface area contributed by atoms with Gasteiger partial charge in [0.1, 0.15) is 0 Å². The van der Waals surface area contributed by atoms with E-state index in [1.807, 2.05) is 30.3 Å². The van der Waals surface area contributed by atoms with Gasteiger partial charge in [0.2, 0.25) is 5.75 Å². The van der Waals surface area contributed by atoms with E-state index in [1.54, 1.807) is 26.4 Å². The highest BCUT2D eigenvalue weighted by Crippen LogP contribution is 2.41. The number of piperazine rings is 1. The van der Waals surface area contributed by atoms with Crippen molar-refractivity contribution in [1.29, 1.82) is 0 Å². The second kappa shape index (κ2) is 12.6. The lowest BCUT2D eigenvalue weighted by molar-refractivity contribution is 0.0723. The van der Waals surface area contributed by atoms with Gasteiger partial charge >= 0.3 is 5.97 Å². The predicted octanol–water partition coefficient (Wildman–Crippen LogP) is 3.90. The maximum atomic E-state index is 12.7. The molecule has 0 atom stereocenters. The third-order valence-corrected chi connectivity index (χ3v) is 5.09. The fraction of sp³-hybridized carbons (Fsp3) is 0.409. The first kappa shape index (κ1) is 26.0. The van der Waals surface area contributed by atoms with E-state index in [0.29, 0.717) is 29.4 Å². The first-order valence-corrected chi connectivity index (χ1v) is 9.62. The molecule has 166 valence electrons. The number of halogens is 2. The summed E-state index contributed by atoms with van der Waals surface area (Å²) in [4.78, 5) is 17.5. The summed E-state index contributed by atoms with van der Waals surface area (Å²) < 4.78 is 16.7. The zero-order valence-corrected chi connectivity index (χ0v) is 19.3. The number of hydrogen-bond donors (Lipinski definition) is 0. The number of nitrogens with zero attached hydrogens (tertiary/aromatic N) is 2. The van der Waals surface area contributed by atoms with Crippen molar-refractivity contribution in [2.24, 2.45) is 0 Å². The molecule has 0 unspecified atom stereocenters. The molecule has 6 nitrogen and oxygen atoms in total. The van der Waals surface area contributed by atoms with Gasteiger partial charge in [-0.2, -0.15) is 0 Å². The van der Waals surface area contributed by atoms with Crippen molar-refractivity contribution in [3.8, 4) is 17.2 Å². The summed E-state index contributed by atoms with van der Waals surface area (Å²) in [6.45, 7) is 8.00. The SMILES string of the molecule is CCN1CCN(Cc2ccc(OC)c(OC)c2OC(=O)c2ccccc2)CC1.Cl.Cl. The molecule has 0 amide bonds. The topological polar surface area (TPSA) is 51.2 Å². The Morgan fingerprint density at radius 2 is 1.50 bits per heavy atom. The number of hydrogen-bond acceptors (Lipinski definition) is 6. The van der Waals surface area contributed by atoms with Crippen molar-refractivity contribution in [2.45, 2.75) is 13.5 Å². The van der Waals surface area contributed by atoms with E-state index >= 15 is 0 Å². The number of ether oxygens (including phenoxy) is 3. The molecule has 0 aliphatic carbocycles. The van der Waals surface area contributed by atoms with E-state index in [1.165, 1.54) is 0 Å². The van der Waals surface area contributed by atoms with Crippen LogP contribution < -0.4 is 14.2 Å². The van der Waals surface area contributed by atoms with E-state index in [9.17, 15) is 4.79 Å². The lowest BCUT2D eigenvalue weighted by Crippen LogP contribution is -2.45. The molecule has 30 heavy (non-hydrogen) atoms. The molecule has 0 N–H and O–H groups in total. The standard InChI is InChI=1S/C22H28N2O4.2ClH/c1-4-23-12-14-24(15-13-23)16-18-10-11-19(26-2)21(27-3)20(18)28-22(25)17-8-6-5-7-9-17;;/h5-11H,4,12-16H2,1-3H3;2*1H. The molecule has 0 saturated carbocycles. The molecular formula is C22H30Cl2N2O4. The molecule has 1 aliphatic rings. The molecule has 8 heteroatoms. The average Bonchev–Trinajstić information content (AvgIpc) is 2.75. The monoisotopic (exact) mass is 456 g/mol. The van der Waals surface area contributed by atoms with E-state index < -0.39 is 5.97 Å². The minimum atomic E-state index is -0.413. The Kier molecular flexibility index (Phi) is 11.0. The zero-order chi connectivity index (χ0) is 19.9. The molecule has 3 rings (SSSR count). The number of carbonyl (C=O) groups is 1. The summed E-state index contributed by atoms with van der Waals surface area (Å²) in [7, 11) is 3.13. The van der Waals surface area contributed by atoms with Gasteiger partial charge in [-0.25, -0.2) is 4.79 Å². The number of carbonyl (C=O) groups excluding carboxylic acids is 1. The fourth-order valence-electron chi connectivity index (χ4n) is 3.41. The van der Waals surface area contributed by atoms with Gasteiger partial charge in [0.05, 0.1) is 19.8 Å². The highest BCUT2D eigenvalue weighted by molar-refractivity contribution is 5.91. The van der Waals surface area contributed by atoms with Crippen LogP contribution in [-0.4, -0.2) is 62.7 Å². The minimum Gasteiger partial charge on any atom is -0.493 e. The highest BCUT2D eigenvalue weighted by Gasteiger charge is 2.23. The first-order valence-electron chi connectivity index (χ1n) is 9.62. The maximum absolute atomic E-state index is 12.7. The Bertz CT molecular complexity index is 797. The number of methoxy groups -OCH3 is 2. The van der Waals surface area contributed by atoms with Crippen molar-refractivity contribution in [2.75, 3.05) is 46.9 Å². The molecule has 2 aromatic rings. The summed E-state index contributed by atoms with van der Waals surface area (Å²) in [6.07, 6.45) is 0. The molecule has 0 radical (unpaired) electrons. The van der Waals surface area contributed by atoms with Crippen molar-refractivity contribution in [3.05, 3.63) is 53.6 Å². The average molecular weight is 457 g/mol. The third kappa shape index (κ3) is 6.25. The summed E-state index contributed by atoms with van der Waals surface area (Å²) in [5.74, 6) is 0.993. The summed E-state index contributed by atoms with van der Waals surface area (Å²) in [5.41, 5.74) is 1.40. The Labute approximate surface area is 190 Å². The van der Waals surface area contributed by atoms with E-state index in [2.05, 4.69) is 16.7 Å². The van der Waals surface area contributed by atoms with Crippen LogP contribution in [0.15, 0.2) is 42.5 Å². The van der Waals surface area contributed by atoms with Gasteiger partial charge in [-0.05, 0) is 24.7 Å². The van der Waals surface area contributed by atoms with Gasteiger partial charge in [0, 0.05) is 38.3 Å². The smallest absolute Gasteiger partial charge is 0.343 e. The van der Waals surface area contributed by atoms with Crippen LogP contribution in [-0.2, 0) is 6.54 Å². The number of esters is 1. The summed E-state index contributed by atoms with van der Waals surface area (Å²) in [6, 6.07) is 12.8. The van der Waals surface area contributed by atoms with Crippen LogP contribution in [0.5, 0.6) is 17.2 Å². The lowest BCUT2D eigenvalue weighted by Gasteiger charge is -2.34. The Morgan fingerprint density at radius 3 is 2.07 bits per heavy atom. The summed E-state index contributed by atoms with van der Waals surface area (Å²) in [5, 5.41) is 0. The van der Waals surface area contributed by atoms with Gasteiger partial charge in [0.25, 0.3) is 0 Å². The minimum absolute atomic E-state index is 0. The van der Waals surface area contributed by atoms with E-state index in [0.717, 1.165) is 38.3 Å². The molecule has 1 aliphatic heterocycles. The highest BCUT2D eigenvalue weighted by atomic mass is 35.5. The Hall–Kier alpha value is -1.99. The fourth-order valence-corrected chi connectivity index (χ4v) is 3.41. The molecule has 0 aromatic heterocycles. The van der Waals surface area contributed by atoms with Crippen molar-refractivity contribution in [1.82, 2.24) is 9.80 Å². The van der Waals surface area contributed by atoms with Crippen LogP contribution >= 0.6 is 24.8 Å². The predicted molar refractivity (Wildman–Crippen MR) is 123 cm³/mol. The van der Waals surface area contributed by atoms with Crippen molar-refractivity contribution < 1.29 is 19.0 Å². The molecule has 1 heterocycles. The van der Waals surface area contributed by atoms with Gasteiger partial charge in [-0.3, -0.25) is 4.90 Å². The number of rotatable bonds is 7. The Balaban J connectivity index is 0.00000225. The van der Waals surface area contributed by atoms with Crippen molar-refractivity contribution in [3.63, 3.8) is 0 Å². The lowest BCUT2D eigenvalue weighted by atomic mass is 10.1. The van der Waals surface area contributed by atoms with Crippen LogP contribution in [0.2, 0.25) is 0 Å². The summed E-state index contributed by atoms with van der Waals surface area (Å²) >= 11 is 0. The van der Waals surface area contributed by atoms with Crippen molar-refractivity contribution >= 4 is 30.8 Å². The molecule has 0 spiro atoms. The van der Waals surface area contributed by atoms with Gasteiger partial charge in [0.15, 0.2) is 11.5 Å². The van der Waals surface area contributed by atoms with Crippen LogP contribution in [0.3, 0.4) is 0 Å². The van der Waals surface area contributed by atoms with Crippen LogP contribution in [0.25, 0.3) is 0 Å². The largest absolute Gasteiger partial charge is 0.493 e. The quantitative estimate of drug-likeness (QED) is 0.465. The van der Waals surface area contributed by atoms with Crippen LogP contribution in [0.4, 0.5) is 0 Å². The third-order valence-electron chi connectivity index (χ3n) is 5.09. The number of benzene rings is 2. The van der Waals surface area contributed by atoms with E-state index in [-0.39, 0.29) is 24.8 Å². The van der Waals surface area contributed by atoms with Crippen LogP contribution in [0, 0.1) is 0 Å². The van der Waals surface area contributed by atoms with Gasteiger partial charge < -0.3 is 19.1 Å². The van der Waals surface area contributed by atoms with Crippen LogP contribution in [0.1, 0.15) is 22.8 Å². The molecule has 2 aromatic carbocycles.